The Morgan fingerprint density at radius 3 is 2.89 bits per heavy atom. The van der Waals surface area contributed by atoms with Crippen LogP contribution >= 0.6 is 0 Å². The number of hydrogen-bond donors (Lipinski definition) is 3. The normalized spacial score (nSPS) is 22.9. The van der Waals surface area contributed by atoms with Crippen LogP contribution in [-0.4, -0.2) is 90.3 Å². The maximum Gasteiger partial charge on any atom is 0.409 e. The Balaban J connectivity index is 1.20. The summed E-state index contributed by atoms with van der Waals surface area (Å²) in [5.74, 6) is -0.127. The molecule has 4 rings (SSSR count). The van der Waals surface area contributed by atoms with E-state index in [1.54, 1.807) is 0 Å². The van der Waals surface area contributed by atoms with E-state index in [-0.39, 0.29) is 12.5 Å². The van der Waals surface area contributed by atoms with Crippen molar-refractivity contribution in [2.24, 2.45) is 11.8 Å². The highest BCUT2D eigenvalue weighted by atomic mass is 16.5. The number of ether oxygens (including phenoxy) is 1. The second-order valence-electron chi connectivity index (χ2n) is 10.3. The van der Waals surface area contributed by atoms with Crippen molar-refractivity contribution >= 4 is 23.8 Å². The van der Waals surface area contributed by atoms with Gasteiger partial charge in [0.15, 0.2) is 0 Å². The largest absolute Gasteiger partial charge is 0.480 e. The van der Waals surface area contributed by atoms with Gasteiger partial charge in [0, 0.05) is 38.4 Å². The number of pyridine rings is 1. The lowest BCUT2D eigenvalue weighted by Gasteiger charge is -2.31. The molecule has 3 N–H and O–H groups in total. The van der Waals surface area contributed by atoms with Crippen molar-refractivity contribution in [3.8, 4) is 0 Å². The Bertz CT molecular complexity index is 941. The van der Waals surface area contributed by atoms with Crippen LogP contribution in [0.3, 0.4) is 0 Å². The van der Waals surface area contributed by atoms with Gasteiger partial charge in [0.1, 0.15) is 11.9 Å². The molecule has 36 heavy (non-hydrogen) atoms. The van der Waals surface area contributed by atoms with Crippen LogP contribution in [0.5, 0.6) is 0 Å². The van der Waals surface area contributed by atoms with Crippen LogP contribution in [0.25, 0.3) is 0 Å². The molecule has 1 unspecified atom stereocenters. The number of methoxy groups -OCH3 is 1. The topological polar surface area (TPSA) is 124 Å². The zero-order valence-electron chi connectivity index (χ0n) is 21.2. The summed E-state index contributed by atoms with van der Waals surface area (Å²) in [4.78, 5) is 45.0. The quantitative estimate of drug-likeness (QED) is 0.470. The van der Waals surface area contributed by atoms with Gasteiger partial charge in [0.25, 0.3) is 0 Å². The minimum absolute atomic E-state index is 0.258. The SMILES string of the molecule is COC(=O)N1CCC[C@@H](C(=O)NC(CCN2CC[C@@H](CCc3ccc4c(n3)NCCC4)C2)C(=O)O)C1. The monoisotopic (exact) mass is 501 g/mol. The highest BCUT2D eigenvalue weighted by Crippen LogP contribution is 2.24. The van der Waals surface area contributed by atoms with Crippen LogP contribution in [0.4, 0.5) is 10.6 Å². The third-order valence-corrected chi connectivity index (χ3v) is 7.70. The molecule has 10 nitrogen and oxygen atoms in total. The summed E-state index contributed by atoms with van der Waals surface area (Å²) < 4.78 is 4.76. The third kappa shape index (κ3) is 6.87. The number of carbonyl (C=O) groups excluding carboxylic acids is 2. The van der Waals surface area contributed by atoms with Crippen molar-refractivity contribution < 1.29 is 24.2 Å². The Kier molecular flexibility index (Phi) is 9.01. The highest BCUT2D eigenvalue weighted by Gasteiger charge is 2.32. The van der Waals surface area contributed by atoms with E-state index < -0.39 is 24.0 Å². The van der Waals surface area contributed by atoms with Gasteiger partial charge >= 0.3 is 12.1 Å². The van der Waals surface area contributed by atoms with Crippen molar-refractivity contribution in [2.45, 2.75) is 57.4 Å². The van der Waals surface area contributed by atoms with E-state index in [4.69, 9.17) is 9.72 Å². The summed E-state index contributed by atoms with van der Waals surface area (Å²) in [5, 5.41) is 15.8. The van der Waals surface area contributed by atoms with Crippen LogP contribution in [0.15, 0.2) is 12.1 Å². The zero-order valence-corrected chi connectivity index (χ0v) is 21.2. The zero-order chi connectivity index (χ0) is 25.5. The number of likely N-dealkylation sites (tertiary alicyclic amines) is 2. The molecule has 2 fully saturated rings. The molecule has 3 aliphatic heterocycles. The second kappa shape index (κ2) is 12.4. The molecular weight excluding hydrogens is 462 g/mol. The van der Waals surface area contributed by atoms with E-state index in [9.17, 15) is 19.5 Å². The van der Waals surface area contributed by atoms with E-state index >= 15 is 0 Å². The number of aromatic nitrogens is 1. The van der Waals surface area contributed by atoms with Crippen molar-refractivity contribution in [3.63, 3.8) is 0 Å². The van der Waals surface area contributed by atoms with Gasteiger partial charge in [0.2, 0.25) is 5.91 Å². The predicted octanol–water partition coefficient (Wildman–Crippen LogP) is 2.13. The lowest BCUT2D eigenvalue weighted by molar-refractivity contribution is -0.143. The summed E-state index contributed by atoms with van der Waals surface area (Å²) in [6.07, 6.45) is 6.60. The Morgan fingerprint density at radius 1 is 1.22 bits per heavy atom. The van der Waals surface area contributed by atoms with E-state index in [1.807, 2.05) is 0 Å². The number of carboxylic acid groups (broad SMARTS) is 1. The molecule has 0 spiro atoms. The molecule has 2 amide bonds. The summed E-state index contributed by atoms with van der Waals surface area (Å²) in [5.41, 5.74) is 2.44. The van der Waals surface area contributed by atoms with Crippen molar-refractivity contribution in [1.29, 1.82) is 0 Å². The molecule has 0 radical (unpaired) electrons. The molecule has 1 aromatic heterocycles. The smallest absolute Gasteiger partial charge is 0.409 e. The number of aliphatic carboxylic acids is 1. The number of piperidine rings is 1. The molecule has 4 heterocycles. The van der Waals surface area contributed by atoms with E-state index in [0.29, 0.717) is 38.3 Å². The van der Waals surface area contributed by atoms with Gasteiger partial charge in [-0.1, -0.05) is 6.07 Å². The lowest BCUT2D eigenvalue weighted by atomic mass is 9.97. The summed E-state index contributed by atoms with van der Waals surface area (Å²) >= 11 is 0. The molecule has 198 valence electrons. The van der Waals surface area contributed by atoms with E-state index in [1.165, 1.54) is 17.6 Å². The average molecular weight is 502 g/mol. The van der Waals surface area contributed by atoms with Crippen LogP contribution in [0.2, 0.25) is 0 Å². The number of nitrogens with zero attached hydrogens (tertiary/aromatic N) is 3. The number of aryl methyl sites for hydroxylation is 2. The minimum Gasteiger partial charge on any atom is -0.480 e. The first-order chi connectivity index (χ1) is 17.4. The number of carboxylic acids is 1. The first-order valence-corrected chi connectivity index (χ1v) is 13.2. The fourth-order valence-electron chi connectivity index (χ4n) is 5.56. The maximum atomic E-state index is 12.7. The molecule has 1 aromatic rings. The average Bonchev–Trinajstić information content (AvgIpc) is 3.36. The first kappa shape index (κ1) is 26.2. The van der Waals surface area contributed by atoms with Crippen molar-refractivity contribution in [1.82, 2.24) is 20.1 Å². The Morgan fingerprint density at radius 2 is 2.08 bits per heavy atom. The molecule has 0 aliphatic carbocycles. The number of anilines is 1. The number of fused-ring (bicyclic) bond motifs is 1. The minimum atomic E-state index is -1.02. The summed E-state index contributed by atoms with van der Waals surface area (Å²) in [6, 6.07) is 3.41. The molecule has 2 saturated heterocycles. The fourth-order valence-corrected chi connectivity index (χ4v) is 5.56. The Hall–Kier alpha value is -2.88. The van der Waals surface area contributed by atoms with Gasteiger partial charge in [-0.25, -0.2) is 14.6 Å². The van der Waals surface area contributed by atoms with Gasteiger partial charge in [0.05, 0.1) is 13.0 Å². The van der Waals surface area contributed by atoms with Crippen LogP contribution < -0.4 is 10.6 Å². The molecule has 3 aliphatic rings. The van der Waals surface area contributed by atoms with Gasteiger partial charge in [-0.15, -0.1) is 0 Å². The number of rotatable bonds is 9. The van der Waals surface area contributed by atoms with Crippen LogP contribution in [0, 0.1) is 11.8 Å². The van der Waals surface area contributed by atoms with Gasteiger partial charge in [-0.2, -0.15) is 0 Å². The molecule has 3 atom stereocenters. The van der Waals surface area contributed by atoms with Crippen molar-refractivity contribution in [2.75, 3.05) is 51.7 Å². The molecule has 0 aromatic carbocycles. The number of nitrogens with one attached hydrogen (secondary N) is 2. The third-order valence-electron chi connectivity index (χ3n) is 7.70. The predicted molar refractivity (Wildman–Crippen MR) is 135 cm³/mol. The van der Waals surface area contributed by atoms with Gasteiger partial charge in [-0.05, 0) is 75.5 Å². The molecule has 10 heteroatoms. The van der Waals surface area contributed by atoms with Crippen molar-refractivity contribution in [3.05, 3.63) is 23.4 Å². The highest BCUT2D eigenvalue weighted by molar-refractivity contribution is 5.85. The fraction of sp³-hybridized carbons (Fsp3) is 0.692. The van der Waals surface area contributed by atoms with E-state index in [0.717, 1.165) is 63.3 Å². The Labute approximate surface area is 212 Å². The van der Waals surface area contributed by atoms with Crippen LogP contribution in [0.1, 0.15) is 49.8 Å². The molecule has 0 bridgehead atoms. The lowest BCUT2D eigenvalue weighted by Crippen LogP contribution is -2.50. The summed E-state index contributed by atoms with van der Waals surface area (Å²) in [7, 11) is 1.32. The van der Waals surface area contributed by atoms with E-state index in [2.05, 4.69) is 27.7 Å². The summed E-state index contributed by atoms with van der Waals surface area (Å²) in [6.45, 7) is 4.32. The molecule has 0 saturated carbocycles. The molecular formula is C26H39N5O5. The maximum absolute atomic E-state index is 12.7. The van der Waals surface area contributed by atoms with Gasteiger partial charge in [-0.3, -0.25) is 4.79 Å². The standard InChI is InChI=1S/C26H39N5O5/c1-36-26(35)31-13-3-5-20(17-31)24(32)29-22(25(33)34)11-15-30-14-10-18(16-30)6-8-21-9-7-19-4-2-12-27-23(19)28-21/h7,9,18,20,22H,2-6,8,10-17H2,1H3,(H,27,28)(H,29,32)(H,33,34)/t18-,20-,22?/m1/s1. The number of amides is 2. The first-order valence-electron chi connectivity index (χ1n) is 13.2. The van der Waals surface area contributed by atoms with Gasteiger partial charge < -0.3 is 30.3 Å². The number of carbonyl (C=O) groups is 3. The number of hydrogen-bond acceptors (Lipinski definition) is 7. The van der Waals surface area contributed by atoms with Crippen LogP contribution in [-0.2, 0) is 27.2 Å². The second-order valence-corrected chi connectivity index (χ2v) is 10.3.